The predicted octanol–water partition coefficient (Wildman–Crippen LogP) is 3.32. The highest BCUT2D eigenvalue weighted by Gasteiger charge is 2.23. The largest absolute Gasteiger partial charge is 0.384 e. The molecule has 1 heterocycles. The summed E-state index contributed by atoms with van der Waals surface area (Å²) in [6.07, 6.45) is 4.18. The van der Waals surface area contributed by atoms with Gasteiger partial charge < -0.3 is 5.73 Å². The van der Waals surface area contributed by atoms with Crippen LogP contribution in [0.1, 0.15) is 73.3 Å². The summed E-state index contributed by atoms with van der Waals surface area (Å²) >= 11 is 0. The number of nitrogens with two attached hydrogens (primary N) is 1. The van der Waals surface area contributed by atoms with Crippen LogP contribution in [-0.4, -0.2) is 21.5 Å². The van der Waals surface area contributed by atoms with Gasteiger partial charge in [-0.15, -0.1) is 0 Å². The molecule has 174 valence electrons. The lowest BCUT2D eigenvalue weighted by Gasteiger charge is -2.15. The van der Waals surface area contributed by atoms with E-state index in [1.165, 1.54) is 18.7 Å². The van der Waals surface area contributed by atoms with Crippen LogP contribution >= 0.6 is 0 Å². The molecule has 0 aliphatic carbocycles. The molecule has 3 N–H and O–H groups in total. The number of benzene rings is 1. The molecular formula is C25H31N5O3. The zero-order valence-corrected chi connectivity index (χ0v) is 20.0. The van der Waals surface area contributed by atoms with Gasteiger partial charge in [-0.1, -0.05) is 32.9 Å². The van der Waals surface area contributed by atoms with E-state index in [1.54, 1.807) is 32.2 Å². The van der Waals surface area contributed by atoms with Crippen molar-refractivity contribution in [2.45, 2.75) is 47.0 Å². The number of nitriles is 1. The number of H-pyrrole nitrogens is 1. The van der Waals surface area contributed by atoms with Crippen LogP contribution in [0.15, 0.2) is 56.8 Å². The van der Waals surface area contributed by atoms with Crippen LogP contribution in [0.4, 0.5) is 0 Å². The Morgan fingerprint density at radius 2 is 1.94 bits per heavy atom. The Balaban J connectivity index is 0.000000513. The monoisotopic (exact) mass is 449 g/mol. The van der Waals surface area contributed by atoms with Gasteiger partial charge in [-0.05, 0) is 56.0 Å². The first kappa shape index (κ1) is 27.0. The third-order valence-electron chi connectivity index (χ3n) is 4.59. The second kappa shape index (κ2) is 12.2. The summed E-state index contributed by atoms with van der Waals surface area (Å²) in [4.78, 5) is 43.1. The van der Waals surface area contributed by atoms with E-state index in [0.29, 0.717) is 23.4 Å². The maximum Gasteiger partial charge on any atom is 0.328 e. The minimum Gasteiger partial charge on any atom is -0.384 e. The normalized spacial score (nSPS) is 10.4. The summed E-state index contributed by atoms with van der Waals surface area (Å²) in [6, 6.07) is 6.93. The van der Waals surface area contributed by atoms with E-state index in [9.17, 15) is 14.4 Å². The molecule has 1 aromatic carbocycles. The van der Waals surface area contributed by atoms with Crippen molar-refractivity contribution in [2.75, 3.05) is 0 Å². The number of ketones is 1. The number of aliphatic imine (C=N–C) groups is 1. The Morgan fingerprint density at radius 1 is 1.30 bits per heavy atom. The highest BCUT2D eigenvalue weighted by molar-refractivity contribution is 6.09. The van der Waals surface area contributed by atoms with Crippen LogP contribution in [0.2, 0.25) is 0 Å². The van der Waals surface area contributed by atoms with E-state index in [2.05, 4.69) is 16.6 Å². The molecule has 0 aliphatic heterocycles. The molecule has 2 rings (SSSR count). The number of nitrogens with zero attached hydrogens (tertiary/aromatic N) is 3. The summed E-state index contributed by atoms with van der Waals surface area (Å²) in [5.74, 6) is -0.326. The van der Waals surface area contributed by atoms with Gasteiger partial charge in [0.2, 0.25) is 5.78 Å². The highest BCUT2D eigenvalue weighted by atomic mass is 16.2. The molecule has 0 unspecified atom stereocenters. The minimum absolute atomic E-state index is 0.0656. The number of rotatable bonds is 6. The Hall–Kier alpha value is -3.99. The SMILES string of the molecule is C=C(N)/N=C\C=C(C)C.CCc1cc(C#N)cc(C(=O)c2c(C(C)C)c(=O)[nH]c(=O)n2C)c1. The molecule has 0 saturated heterocycles. The van der Waals surface area contributed by atoms with Crippen molar-refractivity contribution in [1.29, 1.82) is 5.26 Å². The zero-order valence-electron chi connectivity index (χ0n) is 20.0. The van der Waals surface area contributed by atoms with Crippen molar-refractivity contribution in [3.8, 4) is 6.07 Å². The van der Waals surface area contributed by atoms with Gasteiger partial charge in [0.15, 0.2) is 0 Å². The summed E-state index contributed by atoms with van der Waals surface area (Å²) in [5, 5.41) is 9.15. The zero-order chi connectivity index (χ0) is 25.3. The lowest BCUT2D eigenvalue weighted by molar-refractivity contribution is 0.102. The van der Waals surface area contributed by atoms with Crippen LogP contribution in [0.25, 0.3) is 0 Å². The lowest BCUT2D eigenvalue weighted by atomic mass is 9.95. The van der Waals surface area contributed by atoms with Gasteiger partial charge in [0.1, 0.15) is 11.5 Å². The average Bonchev–Trinajstić information content (AvgIpc) is 2.74. The van der Waals surface area contributed by atoms with Crippen LogP contribution in [-0.2, 0) is 13.5 Å². The molecule has 2 aromatic rings. The Morgan fingerprint density at radius 3 is 2.42 bits per heavy atom. The van der Waals surface area contributed by atoms with Gasteiger partial charge in [0.05, 0.1) is 11.6 Å². The lowest BCUT2D eigenvalue weighted by Crippen LogP contribution is -2.36. The number of aromatic nitrogens is 2. The first-order valence-electron chi connectivity index (χ1n) is 10.5. The van der Waals surface area contributed by atoms with Crippen LogP contribution < -0.4 is 17.0 Å². The third-order valence-corrected chi connectivity index (χ3v) is 4.59. The first-order chi connectivity index (χ1) is 15.4. The number of nitrogens with one attached hydrogen (secondary N) is 1. The smallest absolute Gasteiger partial charge is 0.328 e. The molecule has 0 radical (unpaired) electrons. The van der Waals surface area contributed by atoms with Crippen molar-refractivity contribution in [2.24, 2.45) is 17.8 Å². The summed E-state index contributed by atoms with van der Waals surface area (Å²) < 4.78 is 1.16. The molecule has 0 spiro atoms. The fourth-order valence-corrected chi connectivity index (χ4v) is 2.96. The maximum atomic E-state index is 13.0. The molecule has 1 aromatic heterocycles. The number of allylic oxidation sites excluding steroid dienone is 2. The Kier molecular flexibility index (Phi) is 9.96. The molecule has 8 heteroatoms. The predicted molar refractivity (Wildman–Crippen MR) is 132 cm³/mol. The van der Waals surface area contributed by atoms with E-state index >= 15 is 0 Å². The van der Waals surface area contributed by atoms with Gasteiger partial charge in [-0.3, -0.25) is 19.1 Å². The highest BCUT2D eigenvalue weighted by Crippen LogP contribution is 2.19. The van der Waals surface area contributed by atoms with Crippen LogP contribution in [0.5, 0.6) is 0 Å². The van der Waals surface area contributed by atoms with Crippen LogP contribution in [0, 0.1) is 11.3 Å². The topological polar surface area (TPSA) is 134 Å². The molecule has 0 atom stereocenters. The van der Waals surface area contributed by atoms with Crippen LogP contribution in [0.3, 0.4) is 0 Å². The molecule has 0 saturated carbocycles. The molecule has 0 bridgehead atoms. The number of hydrogen-bond acceptors (Lipinski definition) is 6. The van der Waals surface area contributed by atoms with Crippen molar-refractivity contribution < 1.29 is 4.79 Å². The second-order valence-electron chi connectivity index (χ2n) is 7.96. The molecule has 0 amide bonds. The standard InChI is InChI=1S/C18H19N3O3.C7H12N2/c1-5-11-6-12(9-19)8-13(7-11)16(22)15-14(10(2)3)17(23)20-18(24)21(15)4;1-6(2)4-5-9-7(3)8/h6-8,10H,5H2,1-4H3,(H,20,23,24);4-5H,3,8H2,1-2H3/b;9-5-. The van der Waals surface area contributed by atoms with Gasteiger partial charge in [0.25, 0.3) is 5.56 Å². The number of aromatic amines is 1. The summed E-state index contributed by atoms with van der Waals surface area (Å²) in [7, 11) is 1.45. The number of aryl methyl sites for hydroxylation is 1. The maximum absolute atomic E-state index is 13.0. The fourth-order valence-electron chi connectivity index (χ4n) is 2.96. The molecule has 0 fully saturated rings. The second-order valence-corrected chi connectivity index (χ2v) is 7.96. The van der Waals surface area contributed by atoms with Gasteiger partial charge in [0, 0.05) is 24.4 Å². The minimum atomic E-state index is -0.639. The van der Waals surface area contributed by atoms with Crippen molar-refractivity contribution >= 4 is 12.0 Å². The molecule has 33 heavy (non-hydrogen) atoms. The Labute approximate surface area is 193 Å². The number of carbonyl (C=O) groups is 1. The summed E-state index contributed by atoms with van der Waals surface area (Å²) in [6.45, 7) is 12.9. The van der Waals surface area contributed by atoms with E-state index in [-0.39, 0.29) is 17.2 Å². The van der Waals surface area contributed by atoms with E-state index in [1.807, 2.05) is 32.9 Å². The quantitative estimate of drug-likeness (QED) is 0.515. The van der Waals surface area contributed by atoms with E-state index < -0.39 is 17.0 Å². The van der Waals surface area contributed by atoms with Crippen molar-refractivity contribution in [3.05, 3.63) is 91.0 Å². The van der Waals surface area contributed by atoms with Gasteiger partial charge in [-0.25, -0.2) is 9.79 Å². The molecule has 0 aliphatic rings. The van der Waals surface area contributed by atoms with E-state index in [4.69, 9.17) is 11.0 Å². The molecular weight excluding hydrogens is 418 g/mol. The number of carbonyl (C=O) groups excluding carboxylic acids is 1. The average molecular weight is 450 g/mol. The summed E-state index contributed by atoms with van der Waals surface area (Å²) in [5.41, 5.74) is 7.01. The Bertz CT molecular complexity index is 1250. The van der Waals surface area contributed by atoms with Gasteiger partial charge in [-0.2, -0.15) is 5.26 Å². The fraction of sp³-hybridized carbons (Fsp3) is 0.320. The van der Waals surface area contributed by atoms with Crippen molar-refractivity contribution in [3.63, 3.8) is 0 Å². The van der Waals surface area contributed by atoms with Gasteiger partial charge >= 0.3 is 5.69 Å². The van der Waals surface area contributed by atoms with Crippen molar-refractivity contribution in [1.82, 2.24) is 9.55 Å². The number of hydrogen-bond donors (Lipinski definition) is 2. The molecule has 8 nitrogen and oxygen atoms in total. The van der Waals surface area contributed by atoms with E-state index in [0.717, 1.165) is 10.1 Å². The first-order valence-corrected chi connectivity index (χ1v) is 10.5. The third kappa shape index (κ3) is 7.58.